The van der Waals surface area contributed by atoms with Crippen LogP contribution in [0.4, 0.5) is 0 Å². The molecule has 4 nitrogen and oxygen atoms in total. The van der Waals surface area contributed by atoms with Crippen molar-refractivity contribution in [3.05, 3.63) is 0 Å². The van der Waals surface area contributed by atoms with Gasteiger partial charge >= 0.3 is 11.9 Å². The number of carboxylic acids is 2. The summed E-state index contributed by atoms with van der Waals surface area (Å²) in [4.78, 5) is 21.2. The van der Waals surface area contributed by atoms with Crippen molar-refractivity contribution in [2.45, 2.75) is 39.5 Å². The number of carboxylic acid groups (broad SMARTS) is 2. The smallest absolute Gasteiger partial charge is 0.306 e. The molecular formula is C10H18O4. The topological polar surface area (TPSA) is 74.6 Å². The lowest BCUT2D eigenvalue weighted by atomic mass is 9.85. The van der Waals surface area contributed by atoms with Gasteiger partial charge in [-0.2, -0.15) is 0 Å². The molecule has 0 bridgehead atoms. The van der Waals surface area contributed by atoms with Crippen LogP contribution in [0.3, 0.4) is 0 Å². The lowest BCUT2D eigenvalue weighted by molar-refractivity contribution is -0.145. The van der Waals surface area contributed by atoms with Gasteiger partial charge in [-0.25, -0.2) is 0 Å². The molecule has 0 saturated heterocycles. The maximum absolute atomic E-state index is 10.9. The number of carbonyl (C=O) groups is 2. The van der Waals surface area contributed by atoms with Gasteiger partial charge in [0, 0.05) is 6.42 Å². The third-order valence-electron chi connectivity index (χ3n) is 2.60. The van der Waals surface area contributed by atoms with E-state index in [-0.39, 0.29) is 18.8 Å². The molecule has 0 aliphatic carbocycles. The summed E-state index contributed by atoms with van der Waals surface area (Å²) in [5.41, 5.74) is 0. The molecule has 2 N–H and O–H groups in total. The van der Waals surface area contributed by atoms with Crippen LogP contribution in [-0.2, 0) is 9.59 Å². The molecule has 0 aromatic rings. The largest absolute Gasteiger partial charge is 0.481 e. The maximum atomic E-state index is 10.9. The summed E-state index contributed by atoms with van der Waals surface area (Å²) in [6, 6.07) is 0. The van der Waals surface area contributed by atoms with E-state index in [0.29, 0.717) is 0 Å². The van der Waals surface area contributed by atoms with Crippen molar-refractivity contribution in [3.8, 4) is 0 Å². The van der Waals surface area contributed by atoms with Gasteiger partial charge in [-0.1, -0.05) is 26.7 Å². The Hall–Kier alpha value is -1.06. The van der Waals surface area contributed by atoms with Crippen molar-refractivity contribution in [3.63, 3.8) is 0 Å². The lowest BCUT2D eigenvalue weighted by Crippen LogP contribution is -2.23. The quantitative estimate of drug-likeness (QED) is 0.662. The fourth-order valence-electron chi connectivity index (χ4n) is 1.70. The molecule has 14 heavy (non-hydrogen) atoms. The highest BCUT2D eigenvalue weighted by molar-refractivity contribution is 5.72. The maximum Gasteiger partial charge on any atom is 0.306 e. The fourth-order valence-corrected chi connectivity index (χ4v) is 1.70. The van der Waals surface area contributed by atoms with E-state index < -0.39 is 17.9 Å². The van der Waals surface area contributed by atoms with Gasteiger partial charge in [-0.15, -0.1) is 0 Å². The van der Waals surface area contributed by atoms with E-state index in [1.165, 1.54) is 0 Å². The summed E-state index contributed by atoms with van der Waals surface area (Å²) in [6.07, 6.45) is 1.74. The summed E-state index contributed by atoms with van der Waals surface area (Å²) >= 11 is 0. The minimum atomic E-state index is -0.929. The second-order valence-corrected chi connectivity index (χ2v) is 3.45. The molecule has 1 atom stereocenters. The molecule has 0 aliphatic heterocycles. The van der Waals surface area contributed by atoms with E-state index in [0.717, 1.165) is 12.8 Å². The standard InChI is InChI=1S/C10H18O4/c1-3-7(4-2)8(10(13)14)5-6-9(11)12/h7-8H,3-6H2,1-2H3,(H,11,12)(H,13,14). The Morgan fingerprint density at radius 3 is 1.93 bits per heavy atom. The third-order valence-corrected chi connectivity index (χ3v) is 2.60. The SMILES string of the molecule is CCC(CC)C(CCC(=O)O)C(=O)O. The van der Waals surface area contributed by atoms with Crippen LogP contribution in [-0.4, -0.2) is 22.2 Å². The van der Waals surface area contributed by atoms with Crippen LogP contribution in [0.2, 0.25) is 0 Å². The first-order chi connectivity index (χ1) is 6.52. The highest BCUT2D eigenvalue weighted by atomic mass is 16.4. The molecule has 0 radical (unpaired) electrons. The van der Waals surface area contributed by atoms with Crippen LogP contribution in [0.1, 0.15) is 39.5 Å². The van der Waals surface area contributed by atoms with Gasteiger partial charge < -0.3 is 10.2 Å². The molecule has 0 aromatic heterocycles. The molecule has 4 heteroatoms. The van der Waals surface area contributed by atoms with E-state index in [2.05, 4.69) is 0 Å². The summed E-state index contributed by atoms with van der Waals surface area (Å²) in [5.74, 6) is -2.23. The second kappa shape index (κ2) is 6.40. The predicted octanol–water partition coefficient (Wildman–Crippen LogP) is 1.99. The van der Waals surface area contributed by atoms with Crippen molar-refractivity contribution in [2.24, 2.45) is 11.8 Å². The zero-order valence-electron chi connectivity index (χ0n) is 8.69. The Morgan fingerprint density at radius 2 is 1.64 bits per heavy atom. The van der Waals surface area contributed by atoms with E-state index >= 15 is 0 Å². The zero-order chi connectivity index (χ0) is 11.1. The number of hydrogen-bond acceptors (Lipinski definition) is 2. The van der Waals surface area contributed by atoms with Gasteiger partial charge in [0.15, 0.2) is 0 Å². The summed E-state index contributed by atoms with van der Waals surface area (Å²) in [7, 11) is 0. The third kappa shape index (κ3) is 4.25. The van der Waals surface area contributed by atoms with Crippen molar-refractivity contribution in [1.82, 2.24) is 0 Å². The number of rotatable bonds is 7. The summed E-state index contributed by atoms with van der Waals surface area (Å²) in [6.45, 7) is 3.87. The monoisotopic (exact) mass is 202 g/mol. The Morgan fingerprint density at radius 1 is 1.14 bits per heavy atom. The van der Waals surface area contributed by atoms with Crippen molar-refractivity contribution in [2.75, 3.05) is 0 Å². The highest BCUT2D eigenvalue weighted by Crippen LogP contribution is 2.24. The lowest BCUT2D eigenvalue weighted by Gasteiger charge is -2.20. The Labute approximate surface area is 83.9 Å². The Kier molecular flexibility index (Phi) is 5.92. The average molecular weight is 202 g/mol. The van der Waals surface area contributed by atoms with Crippen LogP contribution in [0, 0.1) is 11.8 Å². The molecule has 0 saturated carbocycles. The first kappa shape index (κ1) is 12.9. The van der Waals surface area contributed by atoms with Crippen LogP contribution in [0.5, 0.6) is 0 Å². The molecule has 0 aromatic carbocycles. The molecular weight excluding hydrogens is 184 g/mol. The zero-order valence-corrected chi connectivity index (χ0v) is 8.69. The Bertz CT molecular complexity index is 196. The van der Waals surface area contributed by atoms with Crippen molar-refractivity contribution in [1.29, 1.82) is 0 Å². The van der Waals surface area contributed by atoms with E-state index in [1.807, 2.05) is 13.8 Å². The van der Waals surface area contributed by atoms with E-state index in [1.54, 1.807) is 0 Å². The van der Waals surface area contributed by atoms with Gasteiger partial charge in [0.05, 0.1) is 5.92 Å². The van der Waals surface area contributed by atoms with Gasteiger partial charge in [0.2, 0.25) is 0 Å². The van der Waals surface area contributed by atoms with Crippen LogP contribution >= 0.6 is 0 Å². The van der Waals surface area contributed by atoms with Crippen LogP contribution in [0.25, 0.3) is 0 Å². The van der Waals surface area contributed by atoms with E-state index in [4.69, 9.17) is 10.2 Å². The molecule has 0 aliphatic rings. The second-order valence-electron chi connectivity index (χ2n) is 3.45. The fraction of sp³-hybridized carbons (Fsp3) is 0.800. The van der Waals surface area contributed by atoms with Crippen molar-refractivity contribution < 1.29 is 19.8 Å². The minimum absolute atomic E-state index is 0.0620. The van der Waals surface area contributed by atoms with Gasteiger partial charge in [-0.05, 0) is 12.3 Å². The molecule has 0 fully saturated rings. The highest BCUT2D eigenvalue weighted by Gasteiger charge is 2.25. The molecule has 0 amide bonds. The molecule has 0 heterocycles. The predicted molar refractivity (Wildman–Crippen MR) is 52.1 cm³/mol. The first-order valence-corrected chi connectivity index (χ1v) is 4.97. The Balaban J connectivity index is 4.27. The van der Waals surface area contributed by atoms with Gasteiger partial charge in [-0.3, -0.25) is 9.59 Å². The first-order valence-electron chi connectivity index (χ1n) is 4.97. The van der Waals surface area contributed by atoms with Crippen LogP contribution in [0.15, 0.2) is 0 Å². The molecule has 0 rings (SSSR count). The summed E-state index contributed by atoms with van der Waals surface area (Å²) < 4.78 is 0. The van der Waals surface area contributed by atoms with Crippen molar-refractivity contribution >= 4 is 11.9 Å². The normalized spacial score (nSPS) is 12.8. The van der Waals surface area contributed by atoms with Gasteiger partial charge in [0.25, 0.3) is 0 Å². The molecule has 0 spiro atoms. The molecule has 82 valence electrons. The van der Waals surface area contributed by atoms with Gasteiger partial charge in [0.1, 0.15) is 0 Å². The van der Waals surface area contributed by atoms with E-state index in [9.17, 15) is 9.59 Å². The molecule has 1 unspecified atom stereocenters. The average Bonchev–Trinajstić information content (AvgIpc) is 2.11. The van der Waals surface area contributed by atoms with Crippen LogP contribution < -0.4 is 0 Å². The summed E-state index contributed by atoms with van der Waals surface area (Å²) in [5, 5.41) is 17.4. The number of aliphatic carboxylic acids is 2. The minimum Gasteiger partial charge on any atom is -0.481 e. The number of hydrogen-bond donors (Lipinski definition) is 2.